The van der Waals surface area contributed by atoms with E-state index in [1.165, 1.54) is 6.08 Å². The summed E-state index contributed by atoms with van der Waals surface area (Å²) in [5, 5.41) is 0.637. The Kier molecular flexibility index (Phi) is 7.59. The standard InChI is InChI=1S/C15H19ClO2.C2H6/c1-10-8-12(13(16)9-11(10)2)6-7-14(17)18-15(3,4)5;1-2/h6-9H,1-5H3;1-2H3/b7-6+;. The fraction of sp³-hybridized carbons (Fsp3) is 0.471. The van der Waals surface area contributed by atoms with Crippen LogP contribution in [-0.2, 0) is 9.53 Å². The summed E-state index contributed by atoms with van der Waals surface area (Å²) in [4.78, 5) is 11.5. The maximum atomic E-state index is 11.5. The van der Waals surface area contributed by atoms with Gasteiger partial charge in [0.1, 0.15) is 5.60 Å². The van der Waals surface area contributed by atoms with E-state index in [0.717, 1.165) is 16.7 Å². The number of benzene rings is 1. The van der Waals surface area contributed by atoms with Crippen LogP contribution in [0.1, 0.15) is 51.3 Å². The van der Waals surface area contributed by atoms with Gasteiger partial charge in [0.05, 0.1) is 0 Å². The third-order valence-corrected chi connectivity index (χ3v) is 2.75. The van der Waals surface area contributed by atoms with Gasteiger partial charge in [-0.2, -0.15) is 0 Å². The van der Waals surface area contributed by atoms with E-state index < -0.39 is 5.60 Å². The summed E-state index contributed by atoms with van der Waals surface area (Å²) in [6, 6.07) is 3.85. The first-order valence-corrected chi connectivity index (χ1v) is 7.24. The van der Waals surface area contributed by atoms with Crippen molar-refractivity contribution in [2.45, 2.75) is 54.1 Å². The highest BCUT2D eigenvalue weighted by Crippen LogP contribution is 2.22. The summed E-state index contributed by atoms with van der Waals surface area (Å²) < 4.78 is 5.18. The smallest absolute Gasteiger partial charge is 0.331 e. The van der Waals surface area contributed by atoms with Crippen molar-refractivity contribution in [2.75, 3.05) is 0 Å². The molecule has 0 N–H and O–H groups in total. The number of aryl methyl sites for hydroxylation is 2. The number of hydrogen-bond donors (Lipinski definition) is 0. The topological polar surface area (TPSA) is 26.3 Å². The van der Waals surface area contributed by atoms with Gasteiger partial charge in [-0.05, 0) is 63.5 Å². The Morgan fingerprint density at radius 2 is 1.65 bits per heavy atom. The number of rotatable bonds is 2. The monoisotopic (exact) mass is 296 g/mol. The Morgan fingerprint density at radius 3 is 2.15 bits per heavy atom. The predicted octanol–water partition coefficient (Wildman–Crippen LogP) is 5.34. The molecule has 2 nitrogen and oxygen atoms in total. The first kappa shape index (κ1) is 18.7. The van der Waals surface area contributed by atoms with Gasteiger partial charge in [0, 0.05) is 11.1 Å². The average Bonchev–Trinajstić information content (AvgIpc) is 2.32. The van der Waals surface area contributed by atoms with Crippen molar-refractivity contribution in [2.24, 2.45) is 0 Å². The molecule has 0 amide bonds. The number of ether oxygens (including phenoxy) is 1. The first-order chi connectivity index (χ1) is 9.19. The SMILES string of the molecule is CC.Cc1cc(Cl)c(/C=C/C(=O)OC(C)(C)C)cc1C. The van der Waals surface area contributed by atoms with Gasteiger partial charge >= 0.3 is 5.97 Å². The lowest BCUT2D eigenvalue weighted by molar-refractivity contribution is -0.148. The summed E-state index contributed by atoms with van der Waals surface area (Å²) in [5.41, 5.74) is 2.62. The number of hydrogen-bond acceptors (Lipinski definition) is 2. The zero-order valence-electron chi connectivity index (χ0n) is 13.5. The Hall–Kier alpha value is -1.28. The Balaban J connectivity index is 0.00000172. The number of esters is 1. The van der Waals surface area contributed by atoms with Gasteiger partial charge in [-0.1, -0.05) is 31.5 Å². The van der Waals surface area contributed by atoms with Crippen LogP contribution in [0.4, 0.5) is 0 Å². The molecule has 1 aromatic rings. The molecular weight excluding hydrogens is 272 g/mol. The van der Waals surface area contributed by atoms with Crippen LogP contribution in [0.2, 0.25) is 5.02 Å². The maximum Gasteiger partial charge on any atom is 0.331 e. The largest absolute Gasteiger partial charge is 0.457 e. The van der Waals surface area contributed by atoms with Crippen LogP contribution in [0.5, 0.6) is 0 Å². The van der Waals surface area contributed by atoms with E-state index in [9.17, 15) is 4.79 Å². The minimum absolute atomic E-state index is 0.364. The lowest BCUT2D eigenvalue weighted by Gasteiger charge is -2.17. The Bertz CT molecular complexity index is 482. The van der Waals surface area contributed by atoms with Crippen LogP contribution in [0, 0.1) is 13.8 Å². The normalized spacial score (nSPS) is 11.0. The number of carbonyl (C=O) groups excluding carboxylic acids is 1. The van der Waals surface area contributed by atoms with Gasteiger partial charge in [0.15, 0.2) is 0 Å². The van der Waals surface area contributed by atoms with Crippen molar-refractivity contribution >= 4 is 23.6 Å². The number of halogens is 1. The Morgan fingerprint density at radius 1 is 1.15 bits per heavy atom. The van der Waals surface area contributed by atoms with Crippen molar-refractivity contribution < 1.29 is 9.53 Å². The van der Waals surface area contributed by atoms with Gasteiger partial charge in [-0.25, -0.2) is 4.79 Å². The van der Waals surface area contributed by atoms with E-state index in [2.05, 4.69) is 0 Å². The second kappa shape index (κ2) is 8.11. The molecule has 0 aromatic heterocycles. The maximum absolute atomic E-state index is 11.5. The van der Waals surface area contributed by atoms with Crippen molar-refractivity contribution in [3.8, 4) is 0 Å². The van der Waals surface area contributed by atoms with Crippen LogP contribution < -0.4 is 0 Å². The molecule has 0 bridgehead atoms. The molecule has 1 aromatic carbocycles. The molecule has 0 saturated carbocycles. The van der Waals surface area contributed by atoms with Crippen molar-refractivity contribution in [1.82, 2.24) is 0 Å². The first-order valence-electron chi connectivity index (χ1n) is 6.87. The molecule has 0 aliphatic rings. The van der Waals surface area contributed by atoms with Gasteiger partial charge in [-0.3, -0.25) is 0 Å². The molecule has 0 saturated heterocycles. The van der Waals surface area contributed by atoms with E-state index in [-0.39, 0.29) is 5.97 Å². The van der Waals surface area contributed by atoms with Crippen molar-refractivity contribution in [3.05, 3.63) is 39.9 Å². The van der Waals surface area contributed by atoms with Crippen LogP contribution in [-0.4, -0.2) is 11.6 Å². The third-order valence-electron chi connectivity index (χ3n) is 2.42. The van der Waals surface area contributed by atoms with E-state index in [1.807, 2.05) is 60.6 Å². The second-order valence-electron chi connectivity index (χ2n) is 5.32. The van der Waals surface area contributed by atoms with Gasteiger partial charge in [0.25, 0.3) is 0 Å². The molecule has 20 heavy (non-hydrogen) atoms. The summed E-state index contributed by atoms with van der Waals surface area (Å²) in [5.74, 6) is -0.364. The van der Waals surface area contributed by atoms with E-state index in [1.54, 1.807) is 6.08 Å². The highest BCUT2D eigenvalue weighted by molar-refractivity contribution is 6.32. The van der Waals surface area contributed by atoms with E-state index in [0.29, 0.717) is 5.02 Å². The highest BCUT2D eigenvalue weighted by Gasteiger charge is 2.14. The third kappa shape index (κ3) is 6.76. The minimum Gasteiger partial charge on any atom is -0.457 e. The highest BCUT2D eigenvalue weighted by atomic mass is 35.5. The molecule has 112 valence electrons. The Labute approximate surface area is 127 Å². The molecule has 0 aliphatic carbocycles. The molecule has 0 atom stereocenters. The van der Waals surface area contributed by atoms with Gasteiger partial charge in [0.2, 0.25) is 0 Å². The lowest BCUT2D eigenvalue weighted by Crippen LogP contribution is -2.22. The van der Waals surface area contributed by atoms with Crippen LogP contribution >= 0.6 is 11.6 Å². The summed E-state index contributed by atoms with van der Waals surface area (Å²) in [7, 11) is 0. The van der Waals surface area contributed by atoms with Crippen LogP contribution in [0.15, 0.2) is 18.2 Å². The van der Waals surface area contributed by atoms with Crippen molar-refractivity contribution in [3.63, 3.8) is 0 Å². The molecule has 0 spiro atoms. The quantitative estimate of drug-likeness (QED) is 0.544. The van der Waals surface area contributed by atoms with Crippen LogP contribution in [0.25, 0.3) is 6.08 Å². The zero-order chi connectivity index (χ0) is 15.9. The molecular formula is C17H25ClO2. The molecule has 3 heteroatoms. The van der Waals surface area contributed by atoms with Crippen LogP contribution in [0.3, 0.4) is 0 Å². The molecule has 0 fully saturated rings. The average molecular weight is 297 g/mol. The van der Waals surface area contributed by atoms with Gasteiger partial charge in [-0.15, -0.1) is 0 Å². The molecule has 0 aliphatic heterocycles. The summed E-state index contributed by atoms with van der Waals surface area (Å²) >= 11 is 6.11. The lowest BCUT2D eigenvalue weighted by atomic mass is 10.1. The number of carbonyl (C=O) groups is 1. The van der Waals surface area contributed by atoms with Crippen molar-refractivity contribution in [1.29, 1.82) is 0 Å². The van der Waals surface area contributed by atoms with E-state index in [4.69, 9.17) is 16.3 Å². The zero-order valence-corrected chi connectivity index (χ0v) is 14.3. The van der Waals surface area contributed by atoms with Gasteiger partial charge < -0.3 is 4.74 Å². The molecule has 0 unspecified atom stereocenters. The van der Waals surface area contributed by atoms with E-state index >= 15 is 0 Å². The molecule has 1 rings (SSSR count). The second-order valence-corrected chi connectivity index (χ2v) is 5.73. The molecule has 0 heterocycles. The summed E-state index contributed by atoms with van der Waals surface area (Å²) in [6.45, 7) is 13.5. The fourth-order valence-corrected chi connectivity index (χ4v) is 1.71. The predicted molar refractivity (Wildman–Crippen MR) is 87.2 cm³/mol. The minimum atomic E-state index is -0.478. The fourth-order valence-electron chi connectivity index (χ4n) is 1.42. The summed E-state index contributed by atoms with van der Waals surface area (Å²) in [6.07, 6.45) is 3.09. The molecule has 0 radical (unpaired) electrons.